The Hall–Kier alpha value is 0.657. The molecule has 0 N–H and O–H groups in total. The number of alkyl halides is 1. The van der Waals surface area contributed by atoms with Crippen molar-refractivity contribution in [1.82, 2.24) is 0 Å². The Bertz CT molecular complexity index is 75.4. The predicted octanol–water partition coefficient (Wildman–Crippen LogP) is 2.94. The van der Waals surface area contributed by atoms with Crippen molar-refractivity contribution >= 4 is 24.2 Å². The maximum absolute atomic E-state index is 5.77. The van der Waals surface area contributed by atoms with Crippen LogP contribution in [0.3, 0.4) is 0 Å². The molecule has 1 nitrogen and oxygen atoms in total. The van der Waals surface area contributed by atoms with E-state index in [-0.39, 0.29) is 0 Å². The smallest absolute Gasteiger partial charge is 0.202 e. The van der Waals surface area contributed by atoms with Gasteiger partial charge in [-0.3, -0.25) is 0 Å². The Morgan fingerprint density at radius 1 is 1.20 bits per heavy atom. The fraction of sp³-hybridized carbons (Fsp3) is 1.00. The molecule has 0 amide bonds. The van der Waals surface area contributed by atoms with Crippen molar-refractivity contribution in [3.8, 4) is 0 Å². The molecular formula is C7H17BrOSi. The van der Waals surface area contributed by atoms with E-state index in [9.17, 15) is 0 Å². The van der Waals surface area contributed by atoms with Crippen molar-refractivity contribution < 1.29 is 4.43 Å². The summed E-state index contributed by atoms with van der Waals surface area (Å²) in [5.41, 5.74) is 0. The van der Waals surface area contributed by atoms with E-state index in [2.05, 4.69) is 36.7 Å². The first-order chi connectivity index (χ1) is 4.74. The number of hydrogen-bond donors (Lipinski definition) is 0. The zero-order valence-electron chi connectivity index (χ0n) is 7.11. The average Bonchev–Trinajstić information content (AvgIpc) is 2.01. The summed E-state index contributed by atoms with van der Waals surface area (Å²) in [5.74, 6) is 0. The van der Waals surface area contributed by atoms with Gasteiger partial charge in [0.05, 0.1) is 0 Å². The lowest BCUT2D eigenvalue weighted by Gasteiger charge is -2.25. The van der Waals surface area contributed by atoms with E-state index < -0.39 is 8.32 Å². The van der Waals surface area contributed by atoms with Crippen molar-refractivity contribution in [3.63, 3.8) is 0 Å². The molecule has 0 bridgehead atoms. The van der Waals surface area contributed by atoms with Gasteiger partial charge in [0, 0.05) is 11.6 Å². The molecule has 0 spiro atoms. The van der Waals surface area contributed by atoms with Gasteiger partial charge in [0.25, 0.3) is 0 Å². The van der Waals surface area contributed by atoms with Crippen LogP contribution in [0.2, 0.25) is 12.1 Å². The second-order valence-electron chi connectivity index (χ2n) is 2.46. The number of halogens is 1. The van der Waals surface area contributed by atoms with Crippen molar-refractivity contribution in [2.24, 2.45) is 0 Å². The van der Waals surface area contributed by atoms with Gasteiger partial charge in [-0.15, -0.1) is 0 Å². The molecule has 0 radical (unpaired) electrons. The highest BCUT2D eigenvalue weighted by Gasteiger charge is 2.28. The van der Waals surface area contributed by atoms with Gasteiger partial charge in [-0.1, -0.05) is 29.8 Å². The monoisotopic (exact) mass is 224 g/mol. The lowest BCUT2D eigenvalue weighted by molar-refractivity contribution is 0.325. The third-order valence-corrected chi connectivity index (χ3v) is 9.01. The van der Waals surface area contributed by atoms with Crippen LogP contribution >= 0.6 is 15.9 Å². The Balaban J connectivity index is 3.87. The zero-order chi connectivity index (χ0) is 8.04. The van der Waals surface area contributed by atoms with Crippen LogP contribution < -0.4 is 0 Å². The fourth-order valence-electron chi connectivity index (χ4n) is 0.988. The van der Waals surface area contributed by atoms with E-state index in [1.807, 2.05) is 0 Å². The Labute approximate surface area is 73.4 Å². The van der Waals surface area contributed by atoms with Crippen LogP contribution in [0, 0.1) is 0 Å². The van der Waals surface area contributed by atoms with E-state index in [0.29, 0.717) is 0 Å². The summed E-state index contributed by atoms with van der Waals surface area (Å²) in [6, 6.07) is 2.45. The molecule has 0 rings (SSSR count). The molecule has 0 atom stereocenters. The van der Waals surface area contributed by atoms with Crippen molar-refractivity contribution in [2.45, 2.75) is 32.9 Å². The molecule has 3 heteroatoms. The number of rotatable bonds is 5. The molecule has 0 aromatic carbocycles. The normalized spacial score (nSPS) is 12.0. The van der Waals surface area contributed by atoms with Crippen LogP contribution in [0.1, 0.15) is 20.8 Å². The van der Waals surface area contributed by atoms with E-state index in [0.717, 1.165) is 11.6 Å². The quantitative estimate of drug-likeness (QED) is 0.516. The van der Waals surface area contributed by atoms with Crippen LogP contribution in [0.4, 0.5) is 0 Å². The average molecular weight is 225 g/mol. The molecule has 0 saturated heterocycles. The van der Waals surface area contributed by atoms with Crippen LogP contribution in [0.5, 0.6) is 0 Å². The van der Waals surface area contributed by atoms with Gasteiger partial charge in [-0.25, -0.2) is 0 Å². The fourth-order valence-corrected chi connectivity index (χ4v) is 5.83. The first kappa shape index (κ1) is 10.7. The third kappa shape index (κ3) is 2.72. The molecule has 0 saturated carbocycles. The van der Waals surface area contributed by atoms with Gasteiger partial charge in [-0.2, -0.15) is 0 Å². The minimum atomic E-state index is -1.30. The molecule has 0 aliphatic heterocycles. The van der Waals surface area contributed by atoms with Crippen molar-refractivity contribution in [2.75, 3.05) is 11.6 Å². The molecule has 10 heavy (non-hydrogen) atoms. The highest BCUT2D eigenvalue weighted by molar-refractivity contribution is 9.09. The SMILES string of the molecule is CCO[Si](CC)(CC)CBr. The topological polar surface area (TPSA) is 9.23 Å². The standard InChI is InChI=1S/C7H17BrOSi/c1-4-9-10(5-2,6-3)7-8/h4-7H2,1-3H3. The maximum Gasteiger partial charge on any atom is 0.202 e. The molecule has 62 valence electrons. The molecule has 0 aromatic rings. The highest BCUT2D eigenvalue weighted by atomic mass is 79.9. The molecule has 0 aliphatic rings. The summed E-state index contributed by atoms with van der Waals surface area (Å²) < 4.78 is 5.77. The van der Waals surface area contributed by atoms with Gasteiger partial charge in [0.15, 0.2) is 0 Å². The number of hydrogen-bond acceptors (Lipinski definition) is 1. The Morgan fingerprint density at radius 2 is 1.70 bits per heavy atom. The molecule has 0 unspecified atom stereocenters. The van der Waals surface area contributed by atoms with Gasteiger partial charge >= 0.3 is 0 Å². The third-order valence-electron chi connectivity index (χ3n) is 1.98. The minimum Gasteiger partial charge on any atom is -0.416 e. The summed E-state index contributed by atoms with van der Waals surface area (Å²) in [6.45, 7) is 7.41. The van der Waals surface area contributed by atoms with E-state index in [1.165, 1.54) is 12.1 Å². The summed E-state index contributed by atoms with van der Waals surface area (Å²) in [5, 5.41) is 0. The van der Waals surface area contributed by atoms with Gasteiger partial charge in [-0.05, 0) is 19.0 Å². The van der Waals surface area contributed by atoms with Crippen molar-refractivity contribution in [3.05, 3.63) is 0 Å². The summed E-state index contributed by atoms with van der Waals surface area (Å²) >= 11 is 3.53. The summed E-state index contributed by atoms with van der Waals surface area (Å²) in [4.78, 5) is 1.08. The van der Waals surface area contributed by atoms with Gasteiger partial charge < -0.3 is 4.43 Å². The predicted molar refractivity (Wildman–Crippen MR) is 52.1 cm³/mol. The molecule has 0 heterocycles. The molecule has 0 aliphatic carbocycles. The van der Waals surface area contributed by atoms with Crippen LogP contribution in [0.15, 0.2) is 0 Å². The van der Waals surface area contributed by atoms with Crippen LogP contribution in [-0.2, 0) is 4.43 Å². The molecule has 0 fully saturated rings. The van der Waals surface area contributed by atoms with Crippen molar-refractivity contribution in [1.29, 1.82) is 0 Å². The van der Waals surface area contributed by atoms with Crippen LogP contribution in [-0.4, -0.2) is 19.9 Å². The molecular weight excluding hydrogens is 208 g/mol. The minimum absolute atomic E-state index is 0.875. The molecule has 0 aromatic heterocycles. The first-order valence-corrected chi connectivity index (χ1v) is 7.59. The summed E-state index contributed by atoms with van der Waals surface area (Å²) in [6.07, 6.45) is 0. The second kappa shape index (κ2) is 5.33. The summed E-state index contributed by atoms with van der Waals surface area (Å²) in [7, 11) is -1.30. The zero-order valence-corrected chi connectivity index (χ0v) is 9.70. The van der Waals surface area contributed by atoms with Gasteiger partial charge in [0.1, 0.15) is 0 Å². The largest absolute Gasteiger partial charge is 0.416 e. The van der Waals surface area contributed by atoms with Crippen LogP contribution in [0.25, 0.3) is 0 Å². The Kier molecular flexibility index (Phi) is 5.68. The highest BCUT2D eigenvalue weighted by Crippen LogP contribution is 2.18. The maximum atomic E-state index is 5.77. The van der Waals surface area contributed by atoms with E-state index >= 15 is 0 Å². The first-order valence-electron chi connectivity index (χ1n) is 3.94. The van der Waals surface area contributed by atoms with Gasteiger partial charge in [0.2, 0.25) is 8.32 Å². The second-order valence-corrected chi connectivity index (χ2v) is 8.48. The Morgan fingerprint density at radius 3 is 1.80 bits per heavy atom. The van der Waals surface area contributed by atoms with E-state index in [1.54, 1.807) is 0 Å². The lowest BCUT2D eigenvalue weighted by atomic mass is 10.9. The van der Waals surface area contributed by atoms with E-state index in [4.69, 9.17) is 4.43 Å². The lowest BCUT2D eigenvalue weighted by Crippen LogP contribution is -2.39.